The molecule has 0 saturated carbocycles. The van der Waals surface area contributed by atoms with Gasteiger partial charge in [0.2, 0.25) is 0 Å². The molecule has 1 fully saturated rings. The van der Waals surface area contributed by atoms with Crippen LogP contribution in [0.5, 0.6) is 0 Å². The summed E-state index contributed by atoms with van der Waals surface area (Å²) in [4.78, 5) is 2.71. The van der Waals surface area contributed by atoms with Crippen LogP contribution in [0.25, 0.3) is 6.08 Å². The molecule has 110 valence electrons. The summed E-state index contributed by atoms with van der Waals surface area (Å²) in [5.41, 5.74) is 3.27. The molecule has 1 saturated heterocycles. The van der Waals surface area contributed by atoms with Crippen molar-refractivity contribution in [2.24, 2.45) is 0 Å². The smallest absolute Gasteiger partial charge is 0.0158 e. The lowest BCUT2D eigenvalue weighted by molar-refractivity contribution is -0.0255. The molecule has 0 atom stereocenters. The van der Waals surface area contributed by atoms with Gasteiger partial charge in [-0.3, -0.25) is 4.90 Å². The number of rotatable bonds is 4. The molecular formula is C19H29N. The van der Waals surface area contributed by atoms with Crippen LogP contribution in [0.4, 0.5) is 0 Å². The molecule has 1 aromatic rings. The Labute approximate surface area is 124 Å². The van der Waals surface area contributed by atoms with Crippen molar-refractivity contribution in [2.75, 3.05) is 6.54 Å². The van der Waals surface area contributed by atoms with Crippen molar-refractivity contribution < 1.29 is 0 Å². The standard InChI is InChI=1S/C19H29N/c1-6-16-8-10-17(11-9-16)12-15-20-18(2,3)13-7-14-19(20,4)5/h6,8-11H,1,7,12-15H2,2-5H3. The van der Waals surface area contributed by atoms with Crippen LogP contribution in [0.1, 0.15) is 58.1 Å². The van der Waals surface area contributed by atoms with Crippen molar-refractivity contribution in [3.8, 4) is 0 Å². The number of hydrogen-bond donors (Lipinski definition) is 0. The minimum atomic E-state index is 0.322. The molecule has 2 rings (SSSR count). The molecule has 0 radical (unpaired) electrons. The zero-order chi connectivity index (χ0) is 14.8. The monoisotopic (exact) mass is 271 g/mol. The molecule has 1 nitrogen and oxygen atoms in total. The largest absolute Gasteiger partial charge is 0.293 e. The van der Waals surface area contributed by atoms with Gasteiger partial charge in [0.05, 0.1) is 0 Å². The first-order chi connectivity index (χ1) is 9.35. The van der Waals surface area contributed by atoms with E-state index in [0.29, 0.717) is 11.1 Å². The third-order valence-corrected chi connectivity index (χ3v) is 4.88. The maximum absolute atomic E-state index is 3.81. The van der Waals surface area contributed by atoms with Gasteiger partial charge in [-0.2, -0.15) is 0 Å². The fourth-order valence-electron chi connectivity index (χ4n) is 3.71. The first-order valence-electron chi connectivity index (χ1n) is 7.84. The topological polar surface area (TPSA) is 3.24 Å². The number of nitrogens with zero attached hydrogens (tertiary/aromatic N) is 1. The summed E-state index contributed by atoms with van der Waals surface area (Å²) in [6, 6.07) is 8.80. The van der Waals surface area contributed by atoms with Crippen LogP contribution in [0.2, 0.25) is 0 Å². The molecule has 0 aromatic heterocycles. The lowest BCUT2D eigenvalue weighted by Crippen LogP contribution is -2.58. The van der Waals surface area contributed by atoms with Crippen LogP contribution in [0.3, 0.4) is 0 Å². The Balaban J connectivity index is 2.05. The van der Waals surface area contributed by atoms with E-state index >= 15 is 0 Å². The van der Waals surface area contributed by atoms with E-state index in [-0.39, 0.29) is 0 Å². The van der Waals surface area contributed by atoms with Gasteiger partial charge in [-0.15, -0.1) is 0 Å². The van der Waals surface area contributed by atoms with Gasteiger partial charge in [0.15, 0.2) is 0 Å². The second-order valence-electron chi connectivity index (χ2n) is 7.33. The van der Waals surface area contributed by atoms with Gasteiger partial charge in [-0.05, 0) is 64.5 Å². The van der Waals surface area contributed by atoms with Crippen molar-refractivity contribution in [3.63, 3.8) is 0 Å². The Morgan fingerprint density at radius 3 is 2.10 bits per heavy atom. The summed E-state index contributed by atoms with van der Waals surface area (Å²) in [7, 11) is 0. The highest BCUT2D eigenvalue weighted by molar-refractivity contribution is 5.47. The van der Waals surface area contributed by atoms with Crippen molar-refractivity contribution in [1.82, 2.24) is 4.90 Å². The highest BCUT2D eigenvalue weighted by Gasteiger charge is 2.40. The summed E-state index contributed by atoms with van der Waals surface area (Å²) in [6.07, 6.45) is 7.01. The van der Waals surface area contributed by atoms with Crippen LogP contribution < -0.4 is 0 Å². The Morgan fingerprint density at radius 1 is 1.05 bits per heavy atom. The number of hydrogen-bond acceptors (Lipinski definition) is 1. The van der Waals surface area contributed by atoms with Crippen LogP contribution in [0, 0.1) is 0 Å². The molecule has 0 bridgehead atoms. The van der Waals surface area contributed by atoms with Crippen LogP contribution in [0.15, 0.2) is 30.8 Å². The van der Waals surface area contributed by atoms with Gasteiger partial charge in [0.1, 0.15) is 0 Å². The van der Waals surface area contributed by atoms with Gasteiger partial charge < -0.3 is 0 Å². The van der Waals surface area contributed by atoms with Crippen LogP contribution in [-0.4, -0.2) is 22.5 Å². The second-order valence-corrected chi connectivity index (χ2v) is 7.33. The quantitative estimate of drug-likeness (QED) is 0.751. The molecule has 1 aliphatic rings. The van der Waals surface area contributed by atoms with Gasteiger partial charge >= 0.3 is 0 Å². The van der Waals surface area contributed by atoms with E-state index in [4.69, 9.17) is 0 Å². The zero-order valence-corrected chi connectivity index (χ0v) is 13.6. The Hall–Kier alpha value is -1.08. The highest BCUT2D eigenvalue weighted by atomic mass is 15.3. The summed E-state index contributed by atoms with van der Waals surface area (Å²) < 4.78 is 0. The zero-order valence-electron chi connectivity index (χ0n) is 13.6. The third kappa shape index (κ3) is 3.32. The van der Waals surface area contributed by atoms with E-state index in [1.165, 1.54) is 30.4 Å². The Bertz CT molecular complexity index is 437. The third-order valence-electron chi connectivity index (χ3n) is 4.88. The van der Waals surface area contributed by atoms with Crippen molar-refractivity contribution in [3.05, 3.63) is 42.0 Å². The molecule has 1 heterocycles. The SMILES string of the molecule is C=Cc1ccc(CCN2C(C)(C)CCCC2(C)C)cc1. The minimum Gasteiger partial charge on any atom is -0.293 e. The number of likely N-dealkylation sites (tertiary alicyclic amines) is 1. The first kappa shape index (κ1) is 15.3. The molecule has 0 unspecified atom stereocenters. The molecule has 0 amide bonds. The molecular weight excluding hydrogens is 242 g/mol. The summed E-state index contributed by atoms with van der Waals surface area (Å²) >= 11 is 0. The lowest BCUT2D eigenvalue weighted by Gasteiger charge is -2.53. The second kappa shape index (κ2) is 5.73. The van der Waals surface area contributed by atoms with Crippen molar-refractivity contribution >= 4 is 6.08 Å². The molecule has 0 aliphatic carbocycles. The predicted molar refractivity (Wildman–Crippen MR) is 89.0 cm³/mol. The van der Waals surface area contributed by atoms with Gasteiger partial charge in [-0.25, -0.2) is 0 Å². The van der Waals surface area contributed by atoms with Crippen LogP contribution in [-0.2, 0) is 6.42 Å². The highest BCUT2D eigenvalue weighted by Crippen LogP contribution is 2.38. The van der Waals surface area contributed by atoms with E-state index in [1.54, 1.807) is 0 Å². The average molecular weight is 271 g/mol. The summed E-state index contributed by atoms with van der Waals surface area (Å²) in [5, 5.41) is 0. The predicted octanol–water partition coefficient (Wildman–Crippen LogP) is 4.92. The van der Waals surface area contributed by atoms with Gasteiger partial charge in [-0.1, -0.05) is 36.9 Å². The van der Waals surface area contributed by atoms with E-state index in [0.717, 1.165) is 13.0 Å². The molecule has 0 spiro atoms. The number of piperidine rings is 1. The minimum absolute atomic E-state index is 0.322. The maximum atomic E-state index is 3.81. The molecule has 0 N–H and O–H groups in total. The fraction of sp³-hybridized carbons (Fsp3) is 0.579. The maximum Gasteiger partial charge on any atom is 0.0158 e. The average Bonchev–Trinajstić information content (AvgIpc) is 2.37. The fourth-order valence-corrected chi connectivity index (χ4v) is 3.71. The molecule has 1 heteroatoms. The van der Waals surface area contributed by atoms with E-state index in [1.807, 2.05) is 6.08 Å². The van der Waals surface area contributed by atoms with Crippen molar-refractivity contribution in [2.45, 2.75) is 64.5 Å². The van der Waals surface area contributed by atoms with Gasteiger partial charge in [0.25, 0.3) is 0 Å². The van der Waals surface area contributed by atoms with E-state index in [2.05, 4.69) is 63.4 Å². The Morgan fingerprint density at radius 2 is 1.60 bits per heavy atom. The molecule has 1 aliphatic heterocycles. The van der Waals surface area contributed by atoms with Crippen molar-refractivity contribution in [1.29, 1.82) is 0 Å². The lowest BCUT2D eigenvalue weighted by atomic mass is 9.79. The summed E-state index contributed by atoms with van der Waals surface area (Å²) in [5.74, 6) is 0. The molecule has 20 heavy (non-hydrogen) atoms. The van der Waals surface area contributed by atoms with Gasteiger partial charge in [0, 0.05) is 17.6 Å². The summed E-state index contributed by atoms with van der Waals surface area (Å²) in [6.45, 7) is 14.5. The normalized spacial score (nSPS) is 21.6. The Kier molecular flexibility index (Phi) is 4.39. The number of benzene rings is 1. The van der Waals surface area contributed by atoms with Crippen LogP contribution >= 0.6 is 0 Å². The van der Waals surface area contributed by atoms with E-state index < -0.39 is 0 Å². The molecule has 1 aromatic carbocycles. The first-order valence-corrected chi connectivity index (χ1v) is 7.84. The van der Waals surface area contributed by atoms with E-state index in [9.17, 15) is 0 Å².